The van der Waals surface area contributed by atoms with Gasteiger partial charge in [-0.25, -0.2) is 4.79 Å². The molecule has 0 amide bonds. The molecule has 0 saturated heterocycles. The summed E-state index contributed by atoms with van der Waals surface area (Å²) in [5, 5.41) is 8.76. The van der Waals surface area contributed by atoms with Gasteiger partial charge in [0, 0.05) is 0 Å². The second kappa shape index (κ2) is 7.18. The second-order valence-electron chi connectivity index (χ2n) is 4.41. The SMILES string of the molecule is COc1ccc(C(=O)Oc2ccc(C#N)cc2)c(OC)c1OC. The van der Waals surface area contributed by atoms with Crippen molar-refractivity contribution in [1.82, 2.24) is 0 Å². The third-order valence-corrected chi connectivity index (χ3v) is 3.12. The van der Waals surface area contributed by atoms with Crippen molar-refractivity contribution in [2.24, 2.45) is 0 Å². The molecule has 0 aliphatic rings. The molecule has 0 spiro atoms. The van der Waals surface area contributed by atoms with Crippen molar-refractivity contribution in [2.45, 2.75) is 0 Å². The van der Waals surface area contributed by atoms with Gasteiger partial charge in [-0.1, -0.05) is 0 Å². The molecule has 0 heterocycles. The van der Waals surface area contributed by atoms with E-state index in [1.807, 2.05) is 6.07 Å². The molecule has 6 nitrogen and oxygen atoms in total. The van der Waals surface area contributed by atoms with E-state index >= 15 is 0 Å². The molecular weight excluding hydrogens is 298 g/mol. The van der Waals surface area contributed by atoms with E-state index in [2.05, 4.69) is 0 Å². The highest BCUT2D eigenvalue weighted by atomic mass is 16.5. The average Bonchev–Trinajstić information content (AvgIpc) is 2.60. The quantitative estimate of drug-likeness (QED) is 0.624. The molecular formula is C17H15NO5. The van der Waals surface area contributed by atoms with E-state index in [0.717, 1.165) is 0 Å². The molecule has 0 N–H and O–H groups in total. The second-order valence-corrected chi connectivity index (χ2v) is 4.41. The highest BCUT2D eigenvalue weighted by Crippen LogP contribution is 2.40. The summed E-state index contributed by atoms with van der Waals surface area (Å²) in [6, 6.07) is 11.3. The minimum atomic E-state index is -0.604. The zero-order valence-corrected chi connectivity index (χ0v) is 13.0. The number of rotatable bonds is 5. The number of ether oxygens (including phenoxy) is 4. The smallest absolute Gasteiger partial charge is 0.347 e. The van der Waals surface area contributed by atoms with Crippen LogP contribution in [0.1, 0.15) is 15.9 Å². The van der Waals surface area contributed by atoms with Crippen molar-refractivity contribution in [3.63, 3.8) is 0 Å². The van der Waals surface area contributed by atoms with Gasteiger partial charge in [-0.05, 0) is 36.4 Å². The first-order valence-corrected chi connectivity index (χ1v) is 6.66. The fourth-order valence-corrected chi connectivity index (χ4v) is 2.02. The molecule has 2 aromatic rings. The van der Waals surface area contributed by atoms with Crippen molar-refractivity contribution >= 4 is 5.97 Å². The van der Waals surface area contributed by atoms with Crippen molar-refractivity contribution in [1.29, 1.82) is 5.26 Å². The van der Waals surface area contributed by atoms with E-state index in [-0.39, 0.29) is 11.3 Å². The number of esters is 1. The van der Waals surface area contributed by atoms with Gasteiger partial charge >= 0.3 is 5.97 Å². The van der Waals surface area contributed by atoms with E-state index < -0.39 is 5.97 Å². The van der Waals surface area contributed by atoms with E-state index in [4.69, 9.17) is 24.2 Å². The van der Waals surface area contributed by atoms with Crippen molar-refractivity contribution in [3.8, 4) is 29.1 Å². The number of carbonyl (C=O) groups is 1. The zero-order chi connectivity index (χ0) is 16.8. The lowest BCUT2D eigenvalue weighted by atomic mass is 10.1. The summed E-state index contributed by atoms with van der Waals surface area (Å²) in [6.45, 7) is 0. The number of nitriles is 1. The summed E-state index contributed by atoms with van der Waals surface area (Å²) in [6.07, 6.45) is 0. The molecule has 6 heteroatoms. The summed E-state index contributed by atoms with van der Waals surface area (Å²) in [4.78, 5) is 12.4. The summed E-state index contributed by atoms with van der Waals surface area (Å²) in [5.74, 6) is 0.701. The molecule has 0 bridgehead atoms. The third-order valence-electron chi connectivity index (χ3n) is 3.12. The Morgan fingerprint density at radius 1 is 0.913 bits per heavy atom. The van der Waals surface area contributed by atoms with Crippen LogP contribution in [-0.4, -0.2) is 27.3 Å². The maximum absolute atomic E-state index is 12.4. The molecule has 0 radical (unpaired) electrons. The Labute approximate surface area is 133 Å². The number of nitrogens with zero attached hydrogens (tertiary/aromatic N) is 1. The van der Waals surface area contributed by atoms with Gasteiger partial charge in [-0.15, -0.1) is 0 Å². The molecule has 2 aromatic carbocycles. The van der Waals surface area contributed by atoms with Crippen molar-refractivity contribution in [2.75, 3.05) is 21.3 Å². The Morgan fingerprint density at radius 2 is 1.57 bits per heavy atom. The Morgan fingerprint density at radius 3 is 2.09 bits per heavy atom. The Balaban J connectivity index is 2.33. The topological polar surface area (TPSA) is 77.8 Å². The summed E-state index contributed by atoms with van der Waals surface area (Å²) >= 11 is 0. The van der Waals surface area contributed by atoms with Crippen LogP contribution in [0, 0.1) is 11.3 Å². The molecule has 2 rings (SSSR count). The lowest BCUT2D eigenvalue weighted by molar-refractivity contribution is 0.0730. The molecule has 0 atom stereocenters. The summed E-state index contributed by atoms with van der Waals surface area (Å²) in [7, 11) is 4.37. The molecule has 23 heavy (non-hydrogen) atoms. The van der Waals surface area contributed by atoms with Crippen LogP contribution in [0.2, 0.25) is 0 Å². The van der Waals surface area contributed by atoms with Gasteiger partial charge in [-0.3, -0.25) is 0 Å². The van der Waals surface area contributed by atoms with Crippen molar-refractivity contribution in [3.05, 3.63) is 47.5 Å². The fourth-order valence-electron chi connectivity index (χ4n) is 2.02. The largest absolute Gasteiger partial charge is 0.493 e. The minimum absolute atomic E-state index is 0.203. The minimum Gasteiger partial charge on any atom is -0.493 e. The van der Waals surface area contributed by atoms with Gasteiger partial charge in [-0.2, -0.15) is 5.26 Å². The number of hydrogen-bond acceptors (Lipinski definition) is 6. The van der Waals surface area contributed by atoms with Crippen LogP contribution in [0.3, 0.4) is 0 Å². The van der Waals surface area contributed by atoms with Crippen LogP contribution in [0.5, 0.6) is 23.0 Å². The number of methoxy groups -OCH3 is 3. The fraction of sp³-hybridized carbons (Fsp3) is 0.176. The van der Waals surface area contributed by atoms with Gasteiger partial charge < -0.3 is 18.9 Å². The molecule has 0 aliphatic carbocycles. The standard InChI is InChI=1S/C17H15NO5/c1-20-14-9-8-13(15(21-2)16(14)22-3)17(19)23-12-6-4-11(10-18)5-7-12/h4-9H,1-3H3. The van der Waals surface area contributed by atoms with Crippen LogP contribution < -0.4 is 18.9 Å². The van der Waals surface area contributed by atoms with E-state index in [1.165, 1.54) is 27.4 Å². The lowest BCUT2D eigenvalue weighted by Gasteiger charge is -2.15. The molecule has 0 aliphatic heterocycles. The van der Waals surface area contributed by atoms with Gasteiger partial charge in [0.2, 0.25) is 5.75 Å². The lowest BCUT2D eigenvalue weighted by Crippen LogP contribution is -2.11. The maximum atomic E-state index is 12.4. The van der Waals surface area contributed by atoms with E-state index in [9.17, 15) is 4.79 Å². The first-order chi connectivity index (χ1) is 11.1. The van der Waals surface area contributed by atoms with Gasteiger partial charge in [0.05, 0.1) is 33.0 Å². The van der Waals surface area contributed by atoms with E-state index in [1.54, 1.807) is 30.3 Å². The van der Waals surface area contributed by atoms with Crippen LogP contribution in [0.4, 0.5) is 0 Å². The van der Waals surface area contributed by atoms with Crippen LogP contribution in [0.15, 0.2) is 36.4 Å². The predicted octanol–water partition coefficient (Wildman–Crippen LogP) is 2.80. The first kappa shape index (κ1) is 16.2. The Hall–Kier alpha value is -3.20. The van der Waals surface area contributed by atoms with Crippen LogP contribution >= 0.6 is 0 Å². The summed E-state index contributed by atoms with van der Waals surface area (Å²) < 4.78 is 21.0. The van der Waals surface area contributed by atoms with Gasteiger partial charge in [0.1, 0.15) is 11.3 Å². The molecule has 0 fully saturated rings. The van der Waals surface area contributed by atoms with Gasteiger partial charge in [0.25, 0.3) is 0 Å². The highest BCUT2D eigenvalue weighted by Gasteiger charge is 2.22. The normalized spacial score (nSPS) is 9.65. The van der Waals surface area contributed by atoms with Crippen LogP contribution in [0.25, 0.3) is 0 Å². The number of hydrogen-bond donors (Lipinski definition) is 0. The molecule has 118 valence electrons. The van der Waals surface area contributed by atoms with Crippen LogP contribution in [-0.2, 0) is 0 Å². The molecule has 0 saturated carbocycles. The molecule has 0 unspecified atom stereocenters. The maximum Gasteiger partial charge on any atom is 0.347 e. The zero-order valence-electron chi connectivity index (χ0n) is 13.0. The first-order valence-electron chi connectivity index (χ1n) is 6.66. The summed E-state index contributed by atoms with van der Waals surface area (Å²) in [5.41, 5.74) is 0.683. The van der Waals surface area contributed by atoms with E-state index in [0.29, 0.717) is 22.8 Å². The third kappa shape index (κ3) is 3.35. The average molecular weight is 313 g/mol. The monoisotopic (exact) mass is 313 g/mol. The number of benzene rings is 2. The highest BCUT2D eigenvalue weighted by molar-refractivity contribution is 5.95. The molecule has 0 aromatic heterocycles. The Bertz CT molecular complexity index is 747. The number of carbonyl (C=O) groups excluding carboxylic acids is 1. The van der Waals surface area contributed by atoms with Gasteiger partial charge in [0.15, 0.2) is 11.5 Å². The van der Waals surface area contributed by atoms with Crippen molar-refractivity contribution < 1.29 is 23.7 Å². The Kier molecular flexibility index (Phi) is 5.05. The predicted molar refractivity (Wildman–Crippen MR) is 82.2 cm³/mol.